The molecule has 2 heteroatoms. The second-order valence-corrected chi connectivity index (χ2v) is 6.73. The minimum atomic E-state index is -0.205. The summed E-state index contributed by atoms with van der Waals surface area (Å²) in [5.74, 6) is -0.233. The van der Waals surface area contributed by atoms with Crippen molar-refractivity contribution < 1.29 is 9.53 Å². The van der Waals surface area contributed by atoms with Crippen LogP contribution in [0, 0.1) is 0 Å². The predicted molar refractivity (Wildman–Crippen MR) is 104 cm³/mol. The van der Waals surface area contributed by atoms with Gasteiger partial charge < -0.3 is 4.74 Å². The van der Waals surface area contributed by atoms with Crippen molar-refractivity contribution in [2.75, 3.05) is 6.61 Å². The second kappa shape index (κ2) is 7.17. The molecule has 0 bridgehead atoms. The van der Waals surface area contributed by atoms with E-state index < -0.39 is 0 Å². The monoisotopic (exact) mass is 342 g/mol. The van der Waals surface area contributed by atoms with Crippen molar-refractivity contribution in [3.05, 3.63) is 95.6 Å². The summed E-state index contributed by atoms with van der Waals surface area (Å²) in [5.41, 5.74) is 6.01. The molecule has 4 rings (SSSR count). The van der Waals surface area contributed by atoms with E-state index in [1.807, 2.05) is 37.3 Å². The SMILES string of the molecule is CC[C@H](C(=O)OCC1c2ccccc2-c2ccccc21)c1ccccc1. The summed E-state index contributed by atoms with van der Waals surface area (Å²) in [4.78, 5) is 12.7. The van der Waals surface area contributed by atoms with E-state index in [1.54, 1.807) is 0 Å². The topological polar surface area (TPSA) is 26.3 Å². The van der Waals surface area contributed by atoms with Gasteiger partial charge in [-0.25, -0.2) is 0 Å². The zero-order valence-corrected chi connectivity index (χ0v) is 14.9. The van der Waals surface area contributed by atoms with Crippen molar-refractivity contribution in [1.82, 2.24) is 0 Å². The summed E-state index contributed by atoms with van der Waals surface area (Å²) < 4.78 is 5.81. The van der Waals surface area contributed by atoms with Crippen LogP contribution < -0.4 is 0 Å². The zero-order valence-electron chi connectivity index (χ0n) is 14.9. The molecule has 0 fully saturated rings. The number of ether oxygens (including phenoxy) is 1. The van der Waals surface area contributed by atoms with Crippen LogP contribution in [0.3, 0.4) is 0 Å². The van der Waals surface area contributed by atoms with Gasteiger partial charge in [-0.05, 0) is 34.2 Å². The predicted octanol–water partition coefficient (Wildman–Crippen LogP) is 5.54. The Hall–Kier alpha value is -2.87. The van der Waals surface area contributed by atoms with Crippen molar-refractivity contribution >= 4 is 5.97 Å². The largest absolute Gasteiger partial charge is 0.464 e. The van der Waals surface area contributed by atoms with E-state index in [0.717, 1.165) is 12.0 Å². The summed E-state index contributed by atoms with van der Waals surface area (Å²) in [5, 5.41) is 0. The maximum atomic E-state index is 12.7. The van der Waals surface area contributed by atoms with Crippen molar-refractivity contribution in [2.24, 2.45) is 0 Å². The van der Waals surface area contributed by atoms with Gasteiger partial charge in [0.2, 0.25) is 0 Å². The van der Waals surface area contributed by atoms with Gasteiger partial charge in [0.1, 0.15) is 6.61 Å². The van der Waals surface area contributed by atoms with Crippen LogP contribution >= 0.6 is 0 Å². The number of carbonyl (C=O) groups is 1. The maximum absolute atomic E-state index is 12.7. The Kier molecular flexibility index (Phi) is 4.57. The Labute approximate surface area is 154 Å². The summed E-state index contributed by atoms with van der Waals surface area (Å²) in [6.07, 6.45) is 0.737. The zero-order chi connectivity index (χ0) is 17.9. The Morgan fingerprint density at radius 3 is 1.96 bits per heavy atom. The molecule has 1 atom stereocenters. The van der Waals surface area contributed by atoms with Crippen molar-refractivity contribution in [3.63, 3.8) is 0 Å². The first-order valence-electron chi connectivity index (χ1n) is 9.19. The molecule has 3 aromatic rings. The van der Waals surface area contributed by atoms with Gasteiger partial charge in [-0.2, -0.15) is 0 Å². The molecule has 0 amide bonds. The van der Waals surface area contributed by atoms with E-state index in [-0.39, 0.29) is 17.8 Å². The first-order valence-corrected chi connectivity index (χ1v) is 9.19. The first-order chi connectivity index (χ1) is 12.8. The molecule has 1 aliphatic carbocycles. The molecule has 0 saturated heterocycles. The summed E-state index contributed by atoms with van der Waals surface area (Å²) in [7, 11) is 0. The Balaban J connectivity index is 1.55. The lowest BCUT2D eigenvalue weighted by Gasteiger charge is -2.18. The van der Waals surface area contributed by atoms with Crippen LogP contribution in [0.15, 0.2) is 78.9 Å². The second-order valence-electron chi connectivity index (χ2n) is 6.73. The van der Waals surface area contributed by atoms with Crippen LogP contribution in [0.2, 0.25) is 0 Å². The van der Waals surface area contributed by atoms with E-state index in [1.165, 1.54) is 22.3 Å². The number of carbonyl (C=O) groups excluding carboxylic acids is 1. The molecule has 2 nitrogen and oxygen atoms in total. The molecule has 0 saturated carbocycles. The van der Waals surface area contributed by atoms with Crippen molar-refractivity contribution in [3.8, 4) is 11.1 Å². The maximum Gasteiger partial charge on any atom is 0.313 e. The van der Waals surface area contributed by atoms with E-state index >= 15 is 0 Å². The molecule has 1 aliphatic rings. The normalized spacial score (nSPS) is 13.7. The van der Waals surface area contributed by atoms with Crippen LogP contribution in [-0.4, -0.2) is 12.6 Å². The Morgan fingerprint density at radius 2 is 1.38 bits per heavy atom. The molecule has 130 valence electrons. The minimum absolute atomic E-state index is 0.111. The number of rotatable bonds is 5. The highest BCUT2D eigenvalue weighted by Gasteiger charge is 2.30. The lowest BCUT2D eigenvalue weighted by molar-refractivity contribution is -0.145. The van der Waals surface area contributed by atoms with Gasteiger partial charge in [0.15, 0.2) is 0 Å². The minimum Gasteiger partial charge on any atom is -0.464 e. The highest BCUT2D eigenvalue weighted by atomic mass is 16.5. The highest BCUT2D eigenvalue weighted by molar-refractivity contribution is 5.80. The van der Waals surface area contributed by atoms with Crippen LogP contribution in [-0.2, 0) is 9.53 Å². The van der Waals surface area contributed by atoms with Gasteiger partial charge in [0.25, 0.3) is 0 Å². The molecule has 3 aromatic carbocycles. The summed E-state index contributed by atoms with van der Waals surface area (Å²) >= 11 is 0. The third kappa shape index (κ3) is 2.92. The molecule has 0 aliphatic heterocycles. The lowest BCUT2D eigenvalue weighted by Crippen LogP contribution is -2.19. The molecule has 0 N–H and O–H groups in total. The molecule has 0 spiro atoms. The van der Waals surface area contributed by atoms with Crippen LogP contribution in [0.25, 0.3) is 11.1 Å². The summed E-state index contributed by atoms with van der Waals surface area (Å²) in [6.45, 7) is 2.41. The van der Waals surface area contributed by atoms with E-state index in [2.05, 4.69) is 48.5 Å². The fourth-order valence-electron chi connectivity index (χ4n) is 3.93. The molecule has 0 heterocycles. The van der Waals surface area contributed by atoms with Gasteiger partial charge in [-0.3, -0.25) is 4.79 Å². The number of hydrogen-bond acceptors (Lipinski definition) is 2. The van der Waals surface area contributed by atoms with Gasteiger partial charge in [0, 0.05) is 5.92 Å². The fourth-order valence-corrected chi connectivity index (χ4v) is 3.93. The van der Waals surface area contributed by atoms with E-state index in [0.29, 0.717) is 6.61 Å². The molecule has 0 unspecified atom stereocenters. The third-order valence-corrected chi connectivity index (χ3v) is 5.25. The summed E-state index contributed by atoms with van der Waals surface area (Å²) in [6, 6.07) is 26.7. The smallest absolute Gasteiger partial charge is 0.313 e. The standard InChI is InChI=1S/C24H22O2/c1-2-18(17-10-4-3-5-11-17)24(25)26-16-23-21-14-8-6-12-19(21)20-13-7-9-15-22(20)23/h3-15,18,23H,2,16H2,1H3/t18-/m0/s1. The molecule has 26 heavy (non-hydrogen) atoms. The van der Waals surface area contributed by atoms with Crippen molar-refractivity contribution in [1.29, 1.82) is 0 Å². The number of esters is 1. The number of fused-ring (bicyclic) bond motifs is 3. The lowest BCUT2D eigenvalue weighted by atomic mass is 9.96. The third-order valence-electron chi connectivity index (χ3n) is 5.25. The van der Waals surface area contributed by atoms with Crippen molar-refractivity contribution in [2.45, 2.75) is 25.2 Å². The van der Waals surface area contributed by atoms with Gasteiger partial charge in [-0.1, -0.05) is 85.8 Å². The van der Waals surface area contributed by atoms with Crippen LogP contribution in [0.5, 0.6) is 0 Å². The fraction of sp³-hybridized carbons (Fsp3) is 0.208. The number of benzene rings is 3. The molecular formula is C24H22O2. The Morgan fingerprint density at radius 1 is 0.846 bits per heavy atom. The van der Waals surface area contributed by atoms with Gasteiger partial charge >= 0.3 is 5.97 Å². The highest BCUT2D eigenvalue weighted by Crippen LogP contribution is 2.44. The average Bonchev–Trinajstić information content (AvgIpc) is 3.02. The molecule has 0 aromatic heterocycles. The number of hydrogen-bond donors (Lipinski definition) is 0. The van der Waals surface area contributed by atoms with Crippen LogP contribution in [0.1, 0.15) is 41.9 Å². The Bertz CT molecular complexity index is 869. The van der Waals surface area contributed by atoms with E-state index in [4.69, 9.17) is 4.74 Å². The van der Waals surface area contributed by atoms with Gasteiger partial charge in [0.05, 0.1) is 5.92 Å². The van der Waals surface area contributed by atoms with Gasteiger partial charge in [-0.15, -0.1) is 0 Å². The first kappa shape index (κ1) is 16.6. The molecule has 0 radical (unpaired) electrons. The average molecular weight is 342 g/mol. The quantitative estimate of drug-likeness (QED) is 0.569. The molecular weight excluding hydrogens is 320 g/mol. The van der Waals surface area contributed by atoms with E-state index in [9.17, 15) is 4.79 Å². The van der Waals surface area contributed by atoms with Crippen LogP contribution in [0.4, 0.5) is 0 Å².